The van der Waals surface area contributed by atoms with E-state index in [0.29, 0.717) is 25.7 Å². The maximum atomic E-state index is 13.3. The van der Waals surface area contributed by atoms with E-state index in [4.69, 9.17) is 4.74 Å². The monoisotopic (exact) mass is 406 g/mol. The number of carbonyl (C=O) groups is 2. The maximum Gasteiger partial charge on any atom is 0.321 e. The van der Waals surface area contributed by atoms with Crippen molar-refractivity contribution in [3.8, 4) is 0 Å². The highest BCUT2D eigenvalue weighted by molar-refractivity contribution is 8.02. The van der Waals surface area contributed by atoms with Crippen molar-refractivity contribution in [2.75, 3.05) is 0 Å². The second kappa shape index (κ2) is 9.75. The van der Waals surface area contributed by atoms with Crippen LogP contribution in [0.2, 0.25) is 0 Å². The van der Waals surface area contributed by atoms with Gasteiger partial charge in [0.25, 0.3) is 0 Å². The minimum absolute atomic E-state index is 0.148. The van der Waals surface area contributed by atoms with Crippen LogP contribution in [0, 0.1) is 5.41 Å². The Morgan fingerprint density at radius 2 is 1.86 bits per heavy atom. The van der Waals surface area contributed by atoms with Crippen molar-refractivity contribution in [2.45, 2.75) is 38.0 Å². The molecule has 0 fully saturated rings. The van der Waals surface area contributed by atoms with E-state index in [-0.39, 0.29) is 11.2 Å². The van der Waals surface area contributed by atoms with Crippen LogP contribution in [0.1, 0.15) is 36.5 Å². The third-order valence-electron chi connectivity index (χ3n) is 5.36. The number of ether oxygens (including phenoxy) is 1. The second-order valence-electron chi connectivity index (χ2n) is 7.32. The van der Waals surface area contributed by atoms with Gasteiger partial charge in [0.15, 0.2) is 5.44 Å². The van der Waals surface area contributed by atoms with Gasteiger partial charge >= 0.3 is 5.97 Å². The Labute approximate surface area is 176 Å². The molecule has 0 radical (unpaired) electrons. The molecule has 0 aliphatic carbocycles. The van der Waals surface area contributed by atoms with E-state index in [2.05, 4.69) is 6.58 Å². The Morgan fingerprint density at radius 3 is 2.45 bits per heavy atom. The van der Waals surface area contributed by atoms with Crippen LogP contribution in [0.25, 0.3) is 6.08 Å². The van der Waals surface area contributed by atoms with E-state index >= 15 is 0 Å². The molecular formula is C25H26O3S. The Hall–Kier alpha value is -2.59. The van der Waals surface area contributed by atoms with Crippen molar-refractivity contribution in [2.24, 2.45) is 5.41 Å². The molecule has 0 bridgehead atoms. The van der Waals surface area contributed by atoms with Crippen LogP contribution in [-0.2, 0) is 27.2 Å². The number of thioether (sulfide) groups is 1. The fourth-order valence-corrected chi connectivity index (χ4v) is 4.27. The number of Topliss-reactive ketones (excluding diaryl/α,β-unsaturated/α-hetero) is 1. The fraction of sp³-hybridized carbons (Fsp3) is 0.280. The number of ketones is 1. The zero-order chi connectivity index (χ0) is 20.7. The number of hydrogen-bond acceptors (Lipinski definition) is 4. The standard InChI is InChI=1S/C25H26O3S/c1-3-20-11-13-21(14-12-20)15-16-25(19(2)26,18-22-8-5-4-6-9-22)24(27)28-23-10-7-17-29-23/h3-9,11-14,17,23H,1,10,15-16,18H2,2H3. The van der Waals surface area contributed by atoms with Crippen LogP contribution in [0.3, 0.4) is 0 Å². The van der Waals surface area contributed by atoms with Gasteiger partial charge in [0, 0.05) is 6.42 Å². The molecule has 2 atom stereocenters. The van der Waals surface area contributed by atoms with Crippen LogP contribution in [-0.4, -0.2) is 17.2 Å². The third kappa shape index (κ3) is 5.27. The third-order valence-corrected chi connectivity index (χ3v) is 6.30. The lowest BCUT2D eigenvalue weighted by molar-refractivity contribution is -0.161. The van der Waals surface area contributed by atoms with Gasteiger partial charge in [0.05, 0.1) is 0 Å². The highest BCUT2D eigenvalue weighted by Crippen LogP contribution is 2.35. The van der Waals surface area contributed by atoms with E-state index in [1.54, 1.807) is 6.08 Å². The number of aryl methyl sites for hydroxylation is 1. The summed E-state index contributed by atoms with van der Waals surface area (Å²) in [6.07, 6.45) is 5.83. The molecule has 0 spiro atoms. The molecule has 29 heavy (non-hydrogen) atoms. The number of carbonyl (C=O) groups excluding carboxylic acids is 2. The zero-order valence-electron chi connectivity index (χ0n) is 16.7. The summed E-state index contributed by atoms with van der Waals surface area (Å²) in [6.45, 7) is 5.28. The Morgan fingerprint density at radius 1 is 1.14 bits per heavy atom. The molecule has 1 aliphatic heterocycles. The summed E-state index contributed by atoms with van der Waals surface area (Å²) in [5, 5.41) is 1.94. The molecule has 2 aromatic carbocycles. The lowest BCUT2D eigenvalue weighted by atomic mass is 9.74. The minimum Gasteiger partial charge on any atom is -0.450 e. The van der Waals surface area contributed by atoms with Crippen molar-refractivity contribution in [1.29, 1.82) is 0 Å². The van der Waals surface area contributed by atoms with Gasteiger partial charge in [-0.2, -0.15) is 0 Å². The average Bonchev–Trinajstić information content (AvgIpc) is 3.25. The summed E-state index contributed by atoms with van der Waals surface area (Å²) in [7, 11) is 0. The van der Waals surface area contributed by atoms with E-state index < -0.39 is 11.4 Å². The first kappa shape index (κ1) is 21.1. The van der Waals surface area contributed by atoms with Crippen LogP contribution < -0.4 is 0 Å². The first-order valence-electron chi connectivity index (χ1n) is 9.81. The number of rotatable bonds is 9. The van der Waals surface area contributed by atoms with Gasteiger partial charge in [-0.3, -0.25) is 9.59 Å². The molecule has 3 rings (SSSR count). The zero-order valence-corrected chi connectivity index (χ0v) is 17.5. The van der Waals surface area contributed by atoms with Crippen LogP contribution in [0.15, 0.2) is 72.7 Å². The second-order valence-corrected chi connectivity index (χ2v) is 8.39. The van der Waals surface area contributed by atoms with Crippen LogP contribution >= 0.6 is 11.8 Å². The molecule has 2 aromatic rings. The summed E-state index contributed by atoms with van der Waals surface area (Å²) >= 11 is 1.48. The number of hydrogen-bond donors (Lipinski definition) is 0. The minimum atomic E-state index is -1.19. The van der Waals surface area contributed by atoms with E-state index in [0.717, 1.165) is 16.7 Å². The van der Waals surface area contributed by atoms with Crippen LogP contribution in [0.5, 0.6) is 0 Å². The van der Waals surface area contributed by atoms with Gasteiger partial charge in [-0.05, 0) is 48.3 Å². The summed E-state index contributed by atoms with van der Waals surface area (Å²) in [4.78, 5) is 26.2. The molecule has 4 heteroatoms. The van der Waals surface area contributed by atoms with Gasteiger partial charge in [0.1, 0.15) is 11.2 Å². The predicted molar refractivity (Wildman–Crippen MR) is 119 cm³/mol. The van der Waals surface area contributed by atoms with Gasteiger partial charge in [-0.1, -0.05) is 85.1 Å². The van der Waals surface area contributed by atoms with Gasteiger partial charge in [-0.15, -0.1) is 0 Å². The molecule has 0 aromatic heterocycles. The number of esters is 1. The summed E-state index contributed by atoms with van der Waals surface area (Å²) < 4.78 is 5.76. The molecular weight excluding hydrogens is 380 g/mol. The topological polar surface area (TPSA) is 43.4 Å². The van der Waals surface area contributed by atoms with Crippen molar-refractivity contribution in [3.05, 3.63) is 89.4 Å². The largest absolute Gasteiger partial charge is 0.450 e. The predicted octanol–water partition coefficient (Wildman–Crippen LogP) is 5.60. The molecule has 150 valence electrons. The highest BCUT2D eigenvalue weighted by Gasteiger charge is 2.45. The first-order valence-corrected chi connectivity index (χ1v) is 10.8. The van der Waals surface area contributed by atoms with E-state index in [1.807, 2.05) is 66.1 Å². The fourth-order valence-electron chi connectivity index (χ4n) is 3.50. The molecule has 1 aliphatic rings. The van der Waals surface area contributed by atoms with E-state index in [9.17, 15) is 9.59 Å². The normalized spacial score (nSPS) is 17.5. The average molecular weight is 407 g/mol. The number of benzene rings is 2. The molecule has 0 N–H and O–H groups in total. The highest BCUT2D eigenvalue weighted by atomic mass is 32.2. The molecule has 1 heterocycles. The quantitative estimate of drug-likeness (QED) is 0.402. The van der Waals surface area contributed by atoms with Crippen molar-refractivity contribution in [1.82, 2.24) is 0 Å². The molecule has 0 saturated heterocycles. The van der Waals surface area contributed by atoms with Crippen molar-refractivity contribution >= 4 is 29.6 Å². The molecule has 2 unspecified atom stereocenters. The Bertz CT molecular complexity index is 878. The van der Waals surface area contributed by atoms with Gasteiger partial charge < -0.3 is 4.74 Å². The van der Waals surface area contributed by atoms with E-state index in [1.165, 1.54) is 18.7 Å². The molecule has 0 saturated carbocycles. The lowest BCUT2D eigenvalue weighted by Gasteiger charge is -2.30. The summed E-state index contributed by atoms with van der Waals surface area (Å²) in [5.74, 6) is -0.567. The lowest BCUT2D eigenvalue weighted by Crippen LogP contribution is -2.43. The Balaban J connectivity index is 1.85. The van der Waals surface area contributed by atoms with Gasteiger partial charge in [-0.25, -0.2) is 0 Å². The van der Waals surface area contributed by atoms with Crippen LogP contribution in [0.4, 0.5) is 0 Å². The smallest absolute Gasteiger partial charge is 0.321 e. The molecule has 3 nitrogen and oxygen atoms in total. The molecule has 0 amide bonds. The van der Waals surface area contributed by atoms with Crippen molar-refractivity contribution < 1.29 is 14.3 Å². The summed E-state index contributed by atoms with van der Waals surface area (Å²) in [6, 6.07) is 17.7. The summed E-state index contributed by atoms with van der Waals surface area (Å²) in [5.41, 5.74) is 1.64. The first-order chi connectivity index (χ1) is 14.0. The van der Waals surface area contributed by atoms with Crippen molar-refractivity contribution in [3.63, 3.8) is 0 Å². The Kier molecular flexibility index (Phi) is 7.10. The maximum absolute atomic E-state index is 13.3. The van der Waals surface area contributed by atoms with Gasteiger partial charge in [0.2, 0.25) is 0 Å². The SMILES string of the molecule is C=Cc1ccc(CCC(Cc2ccccc2)(C(C)=O)C(=O)OC2CC=CS2)cc1.